The Bertz CT molecular complexity index is 775. The Morgan fingerprint density at radius 1 is 1.29 bits per heavy atom. The van der Waals surface area contributed by atoms with Gasteiger partial charge in [-0.1, -0.05) is 37.4 Å². The van der Waals surface area contributed by atoms with E-state index < -0.39 is 0 Å². The van der Waals surface area contributed by atoms with Gasteiger partial charge in [0.25, 0.3) is 0 Å². The number of carbonyl (C=O) groups excluding carboxylic acids is 1. The van der Waals surface area contributed by atoms with E-state index in [1.54, 1.807) is 0 Å². The summed E-state index contributed by atoms with van der Waals surface area (Å²) < 4.78 is 19.8. The van der Waals surface area contributed by atoms with Crippen LogP contribution in [0.25, 0.3) is 0 Å². The van der Waals surface area contributed by atoms with Crippen LogP contribution in [0, 0.1) is 5.82 Å². The lowest BCUT2D eigenvalue weighted by Crippen LogP contribution is -2.39. The highest BCUT2D eigenvalue weighted by Gasteiger charge is 2.22. The number of carbonyl (C=O) groups is 1. The van der Waals surface area contributed by atoms with Gasteiger partial charge in [-0.05, 0) is 44.0 Å². The smallest absolute Gasteiger partial charge is 0.233 e. The number of halogens is 1. The lowest BCUT2D eigenvalue weighted by atomic mass is 10.1. The topological polar surface area (TPSA) is 95.1 Å². The van der Waals surface area contributed by atoms with Crippen LogP contribution in [0.5, 0.6) is 5.75 Å². The van der Waals surface area contributed by atoms with Crippen molar-refractivity contribution in [3.8, 4) is 5.75 Å². The molecule has 152 valence electrons. The number of ether oxygens (including phenoxy) is 1. The highest BCUT2D eigenvalue weighted by atomic mass is 32.2. The van der Waals surface area contributed by atoms with E-state index >= 15 is 0 Å². The Hall–Kier alpha value is -2.29. The third-order valence-corrected chi connectivity index (χ3v) is 5.83. The number of rotatable bonds is 7. The van der Waals surface area contributed by atoms with Gasteiger partial charge in [0.2, 0.25) is 11.1 Å². The van der Waals surface area contributed by atoms with Crippen LogP contribution in [0.2, 0.25) is 0 Å². The van der Waals surface area contributed by atoms with Gasteiger partial charge < -0.3 is 15.9 Å². The van der Waals surface area contributed by atoms with Gasteiger partial charge in [0.05, 0.1) is 5.25 Å². The first-order valence-electron chi connectivity index (χ1n) is 9.57. The fraction of sp³-hybridized carbons (Fsp3) is 0.526. The number of benzene rings is 1. The molecule has 1 saturated carbocycles. The normalized spacial score (nSPS) is 16.4. The fourth-order valence-corrected chi connectivity index (χ4v) is 3.92. The Balaban J connectivity index is 1.52. The average Bonchev–Trinajstić information content (AvgIpc) is 2.87. The maximum absolute atomic E-state index is 12.9. The molecule has 1 fully saturated rings. The fourth-order valence-electron chi connectivity index (χ4n) is 3.12. The maximum atomic E-state index is 12.9. The summed E-state index contributed by atoms with van der Waals surface area (Å²) in [4.78, 5) is 12.5. The number of aromatic nitrogens is 3. The van der Waals surface area contributed by atoms with Crippen LogP contribution in [0.1, 0.15) is 51.3 Å². The quantitative estimate of drug-likeness (QED) is 0.416. The van der Waals surface area contributed by atoms with Gasteiger partial charge in [0, 0.05) is 6.04 Å². The van der Waals surface area contributed by atoms with Gasteiger partial charge in [-0.2, -0.15) is 0 Å². The van der Waals surface area contributed by atoms with Crippen molar-refractivity contribution in [1.29, 1.82) is 0 Å². The molecule has 7 nitrogen and oxygen atoms in total. The third kappa shape index (κ3) is 5.60. The van der Waals surface area contributed by atoms with Gasteiger partial charge in [0.1, 0.15) is 18.2 Å². The first-order valence-corrected chi connectivity index (χ1v) is 10.5. The van der Waals surface area contributed by atoms with Gasteiger partial charge in [-0.25, -0.2) is 9.07 Å². The van der Waals surface area contributed by atoms with Crippen LogP contribution in [0.15, 0.2) is 29.4 Å². The molecule has 0 aliphatic heterocycles. The average molecular weight is 408 g/mol. The molecule has 1 heterocycles. The van der Waals surface area contributed by atoms with Crippen LogP contribution in [0.4, 0.5) is 4.39 Å². The summed E-state index contributed by atoms with van der Waals surface area (Å²) in [6.45, 7) is 1.93. The minimum atomic E-state index is -0.333. The molecule has 3 N–H and O–H groups in total. The number of hydrogen-bond donors (Lipinski definition) is 2. The van der Waals surface area contributed by atoms with Crippen molar-refractivity contribution < 1.29 is 13.9 Å². The van der Waals surface area contributed by atoms with E-state index in [1.165, 1.54) is 66.4 Å². The molecule has 1 aliphatic carbocycles. The van der Waals surface area contributed by atoms with Crippen LogP contribution in [-0.4, -0.2) is 32.1 Å². The predicted octanol–water partition coefficient (Wildman–Crippen LogP) is 3.03. The van der Waals surface area contributed by atoms with Crippen molar-refractivity contribution >= 4 is 17.7 Å². The molecule has 1 unspecified atom stereocenters. The van der Waals surface area contributed by atoms with E-state index in [1.807, 2.05) is 6.92 Å². The van der Waals surface area contributed by atoms with Gasteiger partial charge in [-0.3, -0.25) is 4.79 Å². The molecular weight excluding hydrogens is 381 g/mol. The Morgan fingerprint density at radius 3 is 2.64 bits per heavy atom. The lowest BCUT2D eigenvalue weighted by Gasteiger charge is -2.19. The first-order chi connectivity index (χ1) is 13.5. The van der Waals surface area contributed by atoms with E-state index in [0.717, 1.165) is 12.8 Å². The summed E-state index contributed by atoms with van der Waals surface area (Å²) in [6, 6.07) is 5.95. The number of nitrogens with one attached hydrogen (secondary N) is 1. The molecule has 0 radical (unpaired) electrons. The maximum Gasteiger partial charge on any atom is 0.233 e. The summed E-state index contributed by atoms with van der Waals surface area (Å²) in [5, 5.41) is 11.3. The van der Waals surface area contributed by atoms with Crippen molar-refractivity contribution in [2.24, 2.45) is 0 Å². The molecule has 0 saturated heterocycles. The minimum absolute atomic E-state index is 0.0102. The number of nitrogen functional groups attached to an aromatic ring is 1. The molecule has 0 spiro atoms. The number of nitrogens with zero attached hydrogens (tertiary/aromatic N) is 3. The van der Waals surface area contributed by atoms with Crippen molar-refractivity contribution in [2.45, 2.75) is 68.5 Å². The van der Waals surface area contributed by atoms with Crippen LogP contribution < -0.4 is 15.9 Å². The highest BCUT2D eigenvalue weighted by molar-refractivity contribution is 8.00. The Labute approximate surface area is 168 Å². The van der Waals surface area contributed by atoms with Gasteiger partial charge in [0.15, 0.2) is 5.82 Å². The van der Waals surface area contributed by atoms with E-state index in [-0.39, 0.29) is 29.6 Å². The lowest BCUT2D eigenvalue weighted by molar-refractivity contribution is -0.121. The van der Waals surface area contributed by atoms with Gasteiger partial charge >= 0.3 is 0 Å². The molecule has 0 bridgehead atoms. The van der Waals surface area contributed by atoms with E-state index in [9.17, 15) is 9.18 Å². The standard InChI is InChI=1S/C19H26FN5O2S/c1-13(18(26)22-15-6-4-2-3-5-7-15)28-19-24-23-17(25(19)21)12-27-16-10-8-14(20)9-11-16/h8-11,13,15H,2-7,12,21H2,1H3,(H,22,26). The second-order valence-electron chi connectivity index (χ2n) is 6.97. The van der Waals surface area contributed by atoms with Crippen molar-refractivity contribution in [2.75, 3.05) is 5.84 Å². The molecule has 28 heavy (non-hydrogen) atoms. The number of thioether (sulfide) groups is 1. The molecule has 1 amide bonds. The second kappa shape index (κ2) is 9.77. The summed E-state index contributed by atoms with van der Waals surface area (Å²) in [7, 11) is 0. The van der Waals surface area contributed by atoms with Crippen molar-refractivity contribution in [3.05, 3.63) is 35.9 Å². The van der Waals surface area contributed by atoms with E-state index in [2.05, 4.69) is 15.5 Å². The summed E-state index contributed by atoms with van der Waals surface area (Å²) in [6.07, 6.45) is 6.91. The van der Waals surface area contributed by atoms with Crippen molar-refractivity contribution in [3.63, 3.8) is 0 Å². The molecule has 1 aromatic heterocycles. The van der Waals surface area contributed by atoms with Crippen molar-refractivity contribution in [1.82, 2.24) is 20.2 Å². The molecular formula is C19H26FN5O2S. The van der Waals surface area contributed by atoms with Crippen LogP contribution in [-0.2, 0) is 11.4 Å². The molecule has 3 rings (SSSR count). The molecule has 1 atom stereocenters. The number of amides is 1. The monoisotopic (exact) mass is 407 g/mol. The second-order valence-corrected chi connectivity index (χ2v) is 8.28. The molecule has 1 aliphatic rings. The number of nitrogens with two attached hydrogens (primary N) is 1. The predicted molar refractivity (Wildman–Crippen MR) is 106 cm³/mol. The van der Waals surface area contributed by atoms with Crippen LogP contribution >= 0.6 is 11.8 Å². The zero-order valence-corrected chi connectivity index (χ0v) is 16.8. The zero-order valence-electron chi connectivity index (χ0n) is 15.9. The Morgan fingerprint density at radius 2 is 1.96 bits per heavy atom. The first kappa shape index (κ1) is 20.4. The van der Waals surface area contributed by atoms with Gasteiger partial charge in [-0.15, -0.1) is 10.2 Å². The molecule has 9 heteroatoms. The zero-order chi connectivity index (χ0) is 19.9. The molecule has 2 aromatic rings. The largest absolute Gasteiger partial charge is 0.486 e. The molecule has 1 aromatic carbocycles. The minimum Gasteiger partial charge on any atom is -0.486 e. The Kier molecular flexibility index (Phi) is 7.13. The summed E-state index contributed by atoms with van der Waals surface area (Å²) >= 11 is 1.26. The van der Waals surface area contributed by atoms with E-state index in [0.29, 0.717) is 16.7 Å². The summed E-state index contributed by atoms with van der Waals surface area (Å²) in [5.74, 6) is 6.63. The third-order valence-electron chi connectivity index (χ3n) is 4.77. The highest BCUT2D eigenvalue weighted by Crippen LogP contribution is 2.23. The number of hydrogen-bond acceptors (Lipinski definition) is 6. The SMILES string of the molecule is CC(Sc1nnc(COc2ccc(F)cc2)n1N)C(=O)NC1CCCCCC1. The van der Waals surface area contributed by atoms with E-state index in [4.69, 9.17) is 10.6 Å². The summed E-state index contributed by atoms with van der Waals surface area (Å²) in [5.41, 5.74) is 0. The van der Waals surface area contributed by atoms with Crippen LogP contribution in [0.3, 0.4) is 0 Å².